The molecule has 2 heterocycles. The van der Waals surface area contributed by atoms with E-state index in [1.807, 2.05) is 23.6 Å². The third-order valence-electron chi connectivity index (χ3n) is 4.95. The van der Waals surface area contributed by atoms with Crippen LogP contribution in [0.2, 0.25) is 0 Å². The third kappa shape index (κ3) is 3.61. The standard InChI is InChI=1S/C21H19N3O3S/c25-21(16-6-3-7-17(13-16)24(26)27)22-14-19(20-9-4-12-28-20)23-11-10-15-5-1-2-8-18(15)23/h1-9,12-13,19H,10-11,14H2,(H,22,25)/t19-/m0/s1. The summed E-state index contributed by atoms with van der Waals surface area (Å²) >= 11 is 1.66. The quantitative estimate of drug-likeness (QED) is 0.503. The van der Waals surface area contributed by atoms with Crippen molar-refractivity contribution in [2.45, 2.75) is 12.5 Å². The number of nitrogens with one attached hydrogen (secondary N) is 1. The second-order valence-electron chi connectivity index (χ2n) is 6.62. The number of fused-ring (bicyclic) bond motifs is 1. The molecule has 3 aromatic rings. The van der Waals surface area contributed by atoms with Gasteiger partial charge in [0.1, 0.15) is 0 Å². The number of nitrogens with zero attached hydrogens (tertiary/aromatic N) is 2. The number of amides is 1. The van der Waals surface area contributed by atoms with Crippen molar-refractivity contribution >= 4 is 28.6 Å². The van der Waals surface area contributed by atoms with E-state index in [-0.39, 0.29) is 17.6 Å². The fraction of sp³-hybridized carbons (Fsp3) is 0.190. The smallest absolute Gasteiger partial charge is 0.270 e. The Morgan fingerprint density at radius 3 is 2.82 bits per heavy atom. The van der Waals surface area contributed by atoms with Crippen molar-refractivity contribution in [1.29, 1.82) is 0 Å². The van der Waals surface area contributed by atoms with E-state index in [2.05, 4.69) is 28.4 Å². The third-order valence-corrected chi connectivity index (χ3v) is 5.92. The number of nitro benzene ring substituents is 1. The summed E-state index contributed by atoms with van der Waals surface area (Å²) in [5.74, 6) is -0.308. The zero-order valence-corrected chi connectivity index (χ0v) is 15.9. The maximum Gasteiger partial charge on any atom is 0.270 e. The van der Waals surface area contributed by atoms with Crippen molar-refractivity contribution in [2.24, 2.45) is 0 Å². The number of rotatable bonds is 6. The summed E-state index contributed by atoms with van der Waals surface area (Å²) in [6.07, 6.45) is 0.983. The van der Waals surface area contributed by atoms with Crippen molar-refractivity contribution in [3.05, 3.63) is 92.2 Å². The molecule has 0 saturated carbocycles. The van der Waals surface area contributed by atoms with Crippen LogP contribution in [0, 0.1) is 10.1 Å². The highest BCUT2D eigenvalue weighted by Crippen LogP contribution is 2.36. The molecule has 1 aliphatic heterocycles. The fourth-order valence-electron chi connectivity index (χ4n) is 3.58. The van der Waals surface area contributed by atoms with Crippen molar-refractivity contribution in [2.75, 3.05) is 18.0 Å². The van der Waals surface area contributed by atoms with Crippen LogP contribution in [0.4, 0.5) is 11.4 Å². The predicted molar refractivity (Wildman–Crippen MR) is 110 cm³/mol. The predicted octanol–water partition coefficient (Wildman–Crippen LogP) is 4.19. The molecule has 1 atom stereocenters. The molecule has 1 N–H and O–H groups in total. The Bertz CT molecular complexity index is 1000. The van der Waals surface area contributed by atoms with Gasteiger partial charge in [0.05, 0.1) is 11.0 Å². The minimum atomic E-state index is -0.494. The van der Waals surface area contributed by atoms with Gasteiger partial charge in [0, 0.05) is 41.4 Å². The number of hydrogen-bond acceptors (Lipinski definition) is 5. The normalized spacial score (nSPS) is 13.8. The highest BCUT2D eigenvalue weighted by Gasteiger charge is 2.28. The van der Waals surface area contributed by atoms with Crippen LogP contribution in [0.3, 0.4) is 0 Å². The average Bonchev–Trinajstić information content (AvgIpc) is 3.39. The van der Waals surface area contributed by atoms with Gasteiger partial charge in [0.2, 0.25) is 0 Å². The first-order valence-corrected chi connectivity index (χ1v) is 9.92. The summed E-state index contributed by atoms with van der Waals surface area (Å²) in [7, 11) is 0. The molecule has 0 aliphatic carbocycles. The molecule has 4 rings (SSSR count). The van der Waals surface area contributed by atoms with E-state index in [1.54, 1.807) is 17.4 Å². The zero-order valence-electron chi connectivity index (χ0n) is 15.1. The molecule has 6 nitrogen and oxygen atoms in total. The number of carbonyl (C=O) groups is 1. The van der Waals surface area contributed by atoms with E-state index >= 15 is 0 Å². The zero-order chi connectivity index (χ0) is 19.5. The van der Waals surface area contributed by atoms with Crippen LogP contribution >= 0.6 is 11.3 Å². The number of carbonyl (C=O) groups excluding carboxylic acids is 1. The second kappa shape index (κ2) is 7.82. The summed E-state index contributed by atoms with van der Waals surface area (Å²) in [5.41, 5.74) is 2.72. The van der Waals surface area contributed by atoms with E-state index in [0.717, 1.165) is 13.0 Å². The number of para-hydroxylation sites is 1. The maximum atomic E-state index is 12.6. The lowest BCUT2D eigenvalue weighted by atomic mass is 10.1. The number of anilines is 1. The van der Waals surface area contributed by atoms with Gasteiger partial charge in [-0.05, 0) is 35.6 Å². The Balaban J connectivity index is 1.54. The van der Waals surface area contributed by atoms with Crippen molar-refractivity contribution in [3.63, 3.8) is 0 Å². The molecule has 142 valence electrons. The van der Waals surface area contributed by atoms with Crippen LogP contribution in [0.1, 0.15) is 26.8 Å². The lowest BCUT2D eigenvalue weighted by Gasteiger charge is -2.30. The molecule has 7 heteroatoms. The van der Waals surface area contributed by atoms with Crippen LogP contribution in [0.25, 0.3) is 0 Å². The Morgan fingerprint density at radius 1 is 1.18 bits per heavy atom. The van der Waals surface area contributed by atoms with Crippen LogP contribution in [0.15, 0.2) is 66.0 Å². The molecule has 28 heavy (non-hydrogen) atoms. The molecule has 1 amide bonds. The lowest BCUT2D eigenvalue weighted by Crippen LogP contribution is -2.37. The van der Waals surface area contributed by atoms with Crippen LogP contribution in [0.5, 0.6) is 0 Å². The largest absolute Gasteiger partial charge is 0.361 e. The minimum absolute atomic E-state index is 0.0197. The van der Waals surface area contributed by atoms with Crippen molar-refractivity contribution < 1.29 is 9.72 Å². The summed E-state index contributed by atoms with van der Waals surface area (Å²) in [4.78, 5) is 26.6. The molecule has 1 aliphatic rings. The molecular formula is C21H19N3O3S. The number of benzene rings is 2. The number of hydrogen-bond donors (Lipinski definition) is 1. The van der Waals surface area contributed by atoms with Gasteiger partial charge in [0.25, 0.3) is 11.6 Å². The van der Waals surface area contributed by atoms with Crippen molar-refractivity contribution in [1.82, 2.24) is 5.32 Å². The summed E-state index contributed by atoms with van der Waals surface area (Å²) in [6, 6.07) is 18.3. The van der Waals surface area contributed by atoms with Crippen LogP contribution in [-0.2, 0) is 6.42 Å². The van der Waals surface area contributed by atoms with Gasteiger partial charge in [-0.1, -0.05) is 30.3 Å². The highest BCUT2D eigenvalue weighted by molar-refractivity contribution is 7.10. The molecule has 0 unspecified atom stereocenters. The average molecular weight is 393 g/mol. The molecule has 0 radical (unpaired) electrons. The molecule has 0 saturated heterocycles. The highest BCUT2D eigenvalue weighted by atomic mass is 32.1. The molecular weight excluding hydrogens is 374 g/mol. The van der Waals surface area contributed by atoms with Gasteiger partial charge in [-0.25, -0.2) is 0 Å². The summed E-state index contributed by atoms with van der Waals surface area (Å²) in [5, 5.41) is 16.0. The molecule has 0 bridgehead atoms. The number of thiophene rings is 1. The van der Waals surface area contributed by atoms with Gasteiger partial charge < -0.3 is 10.2 Å². The summed E-state index contributed by atoms with van der Waals surface area (Å²) in [6.45, 7) is 1.32. The Hall–Kier alpha value is -3.19. The second-order valence-corrected chi connectivity index (χ2v) is 7.60. The lowest BCUT2D eigenvalue weighted by molar-refractivity contribution is -0.384. The van der Waals surface area contributed by atoms with Crippen LogP contribution < -0.4 is 10.2 Å². The van der Waals surface area contributed by atoms with Crippen molar-refractivity contribution in [3.8, 4) is 0 Å². The Morgan fingerprint density at radius 2 is 2.04 bits per heavy atom. The Labute approximate surface area is 166 Å². The van der Waals surface area contributed by atoms with E-state index in [4.69, 9.17) is 0 Å². The van der Waals surface area contributed by atoms with Gasteiger partial charge >= 0.3 is 0 Å². The first-order valence-electron chi connectivity index (χ1n) is 9.04. The first-order chi connectivity index (χ1) is 13.6. The SMILES string of the molecule is O=C(NC[C@@H](c1cccs1)N1CCc2ccccc21)c1cccc([N+](=O)[O-])c1. The number of nitro groups is 1. The fourth-order valence-corrected chi connectivity index (χ4v) is 4.42. The number of non-ortho nitro benzene ring substituents is 1. The first kappa shape index (κ1) is 18.2. The molecule has 2 aromatic carbocycles. The van der Waals surface area contributed by atoms with Gasteiger partial charge in [-0.15, -0.1) is 11.3 Å². The van der Waals surface area contributed by atoms with E-state index in [9.17, 15) is 14.9 Å². The monoisotopic (exact) mass is 393 g/mol. The summed E-state index contributed by atoms with van der Waals surface area (Å²) < 4.78 is 0. The van der Waals surface area contributed by atoms with Crippen LogP contribution in [-0.4, -0.2) is 23.9 Å². The van der Waals surface area contributed by atoms with Gasteiger partial charge in [-0.3, -0.25) is 14.9 Å². The topological polar surface area (TPSA) is 75.5 Å². The Kier molecular flexibility index (Phi) is 5.08. The van der Waals surface area contributed by atoms with E-state index in [1.165, 1.54) is 34.3 Å². The molecule has 0 fully saturated rings. The minimum Gasteiger partial charge on any atom is -0.361 e. The molecule has 0 spiro atoms. The molecule has 1 aromatic heterocycles. The maximum absolute atomic E-state index is 12.6. The van der Waals surface area contributed by atoms with E-state index < -0.39 is 4.92 Å². The van der Waals surface area contributed by atoms with Gasteiger partial charge in [0.15, 0.2) is 0 Å². The van der Waals surface area contributed by atoms with Gasteiger partial charge in [-0.2, -0.15) is 0 Å². The van der Waals surface area contributed by atoms with E-state index in [0.29, 0.717) is 12.1 Å².